The van der Waals surface area contributed by atoms with Gasteiger partial charge in [-0.2, -0.15) is 0 Å². The maximum absolute atomic E-state index is 5.94. The molecule has 1 saturated carbocycles. The lowest BCUT2D eigenvalue weighted by Gasteiger charge is -2.35. The molecule has 0 aromatic heterocycles. The fourth-order valence-corrected chi connectivity index (χ4v) is 3.06. The minimum atomic E-state index is 0.773. The molecule has 1 rings (SSSR count). The van der Waals surface area contributed by atoms with Crippen molar-refractivity contribution in [3.05, 3.63) is 0 Å². The van der Waals surface area contributed by atoms with Gasteiger partial charge in [-0.1, -0.05) is 33.1 Å². The molecule has 0 aromatic carbocycles. The Labute approximate surface area is 112 Å². The zero-order valence-corrected chi connectivity index (χ0v) is 12.4. The first-order valence-corrected chi connectivity index (χ1v) is 7.87. The molecule has 0 N–H and O–H groups in total. The van der Waals surface area contributed by atoms with Crippen molar-refractivity contribution in [3.63, 3.8) is 0 Å². The van der Waals surface area contributed by atoms with E-state index in [2.05, 4.69) is 23.6 Å². The van der Waals surface area contributed by atoms with Crippen LogP contribution < -0.4 is 0 Å². The second-order valence-electron chi connectivity index (χ2n) is 5.04. The van der Waals surface area contributed by atoms with Gasteiger partial charge in [-0.05, 0) is 25.9 Å². The molecule has 1 fully saturated rings. The van der Waals surface area contributed by atoms with Crippen LogP contribution in [0.3, 0.4) is 0 Å². The largest absolute Gasteiger partial charge is 0.303 e. The molecule has 0 aliphatic heterocycles. The highest BCUT2D eigenvalue weighted by atomic mass is 35.5. The van der Waals surface area contributed by atoms with Crippen LogP contribution in [-0.4, -0.2) is 54.4 Å². The smallest absolute Gasteiger partial charge is 0.0351 e. The van der Waals surface area contributed by atoms with Gasteiger partial charge in [0.15, 0.2) is 0 Å². The van der Waals surface area contributed by atoms with Gasteiger partial charge >= 0.3 is 0 Å². The zero-order valence-electron chi connectivity index (χ0n) is 11.6. The van der Waals surface area contributed by atoms with Crippen molar-refractivity contribution in [2.24, 2.45) is 0 Å². The van der Waals surface area contributed by atoms with Crippen molar-refractivity contribution in [3.8, 4) is 0 Å². The predicted octanol–water partition coefficient (Wildman–Crippen LogP) is 3.20. The SMILES string of the molecule is CCN(CC)CCN(CCCl)C1CCCCC1. The first-order chi connectivity index (χ1) is 8.31. The average Bonchev–Trinajstić information content (AvgIpc) is 2.39. The van der Waals surface area contributed by atoms with E-state index >= 15 is 0 Å². The number of likely N-dealkylation sites (N-methyl/N-ethyl adjacent to an activating group) is 1. The average molecular weight is 261 g/mol. The second kappa shape index (κ2) is 9.18. The van der Waals surface area contributed by atoms with Crippen LogP contribution in [0.15, 0.2) is 0 Å². The summed E-state index contributed by atoms with van der Waals surface area (Å²) in [6, 6.07) is 0.804. The zero-order chi connectivity index (χ0) is 12.5. The van der Waals surface area contributed by atoms with Crippen LogP contribution in [0.4, 0.5) is 0 Å². The van der Waals surface area contributed by atoms with Crippen LogP contribution in [0.25, 0.3) is 0 Å². The van der Waals surface area contributed by atoms with Gasteiger partial charge in [-0.3, -0.25) is 4.90 Å². The molecule has 0 spiro atoms. The summed E-state index contributed by atoms with van der Waals surface area (Å²) in [6.45, 7) is 10.3. The van der Waals surface area contributed by atoms with Gasteiger partial charge in [0.05, 0.1) is 0 Å². The van der Waals surface area contributed by atoms with E-state index in [9.17, 15) is 0 Å². The Hall–Kier alpha value is 0.210. The summed E-state index contributed by atoms with van der Waals surface area (Å²) in [5.41, 5.74) is 0. The van der Waals surface area contributed by atoms with E-state index in [-0.39, 0.29) is 0 Å². The topological polar surface area (TPSA) is 6.48 Å². The van der Waals surface area contributed by atoms with Crippen LogP contribution in [0.2, 0.25) is 0 Å². The third-order valence-electron chi connectivity index (χ3n) is 4.06. The van der Waals surface area contributed by atoms with E-state index in [4.69, 9.17) is 11.6 Å². The van der Waals surface area contributed by atoms with Gasteiger partial charge in [-0.25, -0.2) is 0 Å². The van der Waals surface area contributed by atoms with Crippen molar-refractivity contribution in [2.75, 3.05) is 38.6 Å². The Morgan fingerprint density at radius 3 is 2.12 bits per heavy atom. The molecule has 1 aliphatic carbocycles. The predicted molar refractivity (Wildman–Crippen MR) is 77.0 cm³/mol. The second-order valence-corrected chi connectivity index (χ2v) is 5.42. The molecule has 1 aliphatic rings. The molecule has 0 unspecified atom stereocenters. The highest BCUT2D eigenvalue weighted by Gasteiger charge is 2.20. The summed E-state index contributed by atoms with van der Waals surface area (Å²) >= 11 is 5.94. The summed E-state index contributed by atoms with van der Waals surface area (Å²) in [6.07, 6.45) is 7.02. The van der Waals surface area contributed by atoms with Gasteiger partial charge < -0.3 is 4.90 Å². The van der Waals surface area contributed by atoms with Crippen LogP contribution in [-0.2, 0) is 0 Å². The van der Waals surface area contributed by atoms with Crippen molar-refractivity contribution < 1.29 is 0 Å². The molecule has 0 amide bonds. The molecular weight excluding hydrogens is 232 g/mol. The lowest BCUT2D eigenvalue weighted by atomic mass is 9.94. The Kier molecular flexibility index (Phi) is 8.25. The molecule has 0 saturated heterocycles. The monoisotopic (exact) mass is 260 g/mol. The van der Waals surface area contributed by atoms with E-state index in [1.54, 1.807) is 0 Å². The lowest BCUT2D eigenvalue weighted by Crippen LogP contribution is -2.43. The fraction of sp³-hybridized carbons (Fsp3) is 1.00. The quantitative estimate of drug-likeness (QED) is 0.619. The van der Waals surface area contributed by atoms with Crippen molar-refractivity contribution in [1.29, 1.82) is 0 Å². The van der Waals surface area contributed by atoms with E-state index in [1.165, 1.54) is 45.2 Å². The van der Waals surface area contributed by atoms with Crippen LogP contribution in [0, 0.1) is 0 Å². The number of hydrogen-bond acceptors (Lipinski definition) is 2. The Morgan fingerprint density at radius 1 is 0.941 bits per heavy atom. The van der Waals surface area contributed by atoms with Gasteiger partial charge in [-0.15, -0.1) is 11.6 Å². The summed E-state index contributed by atoms with van der Waals surface area (Å²) in [5, 5.41) is 0. The van der Waals surface area contributed by atoms with Crippen LogP contribution in [0.1, 0.15) is 46.0 Å². The van der Waals surface area contributed by atoms with E-state index < -0.39 is 0 Å². The number of nitrogens with zero attached hydrogens (tertiary/aromatic N) is 2. The molecule has 0 aromatic rings. The molecule has 102 valence electrons. The Bertz CT molecular complexity index is 177. The van der Waals surface area contributed by atoms with Crippen molar-refractivity contribution >= 4 is 11.6 Å². The first-order valence-electron chi connectivity index (χ1n) is 7.34. The highest BCUT2D eigenvalue weighted by molar-refractivity contribution is 6.18. The minimum Gasteiger partial charge on any atom is -0.303 e. The fourth-order valence-electron chi connectivity index (χ4n) is 2.84. The van der Waals surface area contributed by atoms with Crippen molar-refractivity contribution in [2.45, 2.75) is 52.0 Å². The summed E-state index contributed by atoms with van der Waals surface area (Å²) in [7, 11) is 0. The van der Waals surface area contributed by atoms with Gasteiger partial charge in [0, 0.05) is 31.6 Å². The Balaban J connectivity index is 2.35. The third kappa shape index (κ3) is 5.58. The van der Waals surface area contributed by atoms with Gasteiger partial charge in [0.2, 0.25) is 0 Å². The molecule has 0 radical (unpaired) electrons. The van der Waals surface area contributed by atoms with E-state index in [0.717, 1.165) is 31.6 Å². The number of alkyl halides is 1. The summed E-state index contributed by atoms with van der Waals surface area (Å²) < 4.78 is 0. The lowest BCUT2D eigenvalue weighted by molar-refractivity contribution is 0.142. The van der Waals surface area contributed by atoms with Crippen LogP contribution >= 0.6 is 11.6 Å². The maximum Gasteiger partial charge on any atom is 0.0351 e. The molecular formula is C14H29ClN2. The van der Waals surface area contributed by atoms with Crippen LogP contribution in [0.5, 0.6) is 0 Å². The number of hydrogen-bond donors (Lipinski definition) is 0. The molecule has 0 heterocycles. The third-order valence-corrected chi connectivity index (χ3v) is 4.23. The normalized spacial score (nSPS) is 18.2. The maximum atomic E-state index is 5.94. The molecule has 0 atom stereocenters. The molecule has 2 nitrogen and oxygen atoms in total. The van der Waals surface area contributed by atoms with Gasteiger partial charge in [0.1, 0.15) is 0 Å². The standard InChI is InChI=1S/C14H29ClN2/c1-3-16(4-2)12-13-17(11-10-15)14-8-6-5-7-9-14/h14H,3-13H2,1-2H3. The molecule has 0 bridgehead atoms. The first kappa shape index (κ1) is 15.3. The minimum absolute atomic E-state index is 0.773. The highest BCUT2D eigenvalue weighted by Crippen LogP contribution is 2.22. The van der Waals surface area contributed by atoms with Gasteiger partial charge in [0.25, 0.3) is 0 Å². The Morgan fingerprint density at radius 2 is 1.59 bits per heavy atom. The van der Waals surface area contributed by atoms with E-state index in [1.807, 2.05) is 0 Å². The summed E-state index contributed by atoms with van der Waals surface area (Å²) in [5.74, 6) is 0.773. The van der Waals surface area contributed by atoms with E-state index in [0.29, 0.717) is 0 Å². The molecule has 3 heteroatoms. The van der Waals surface area contributed by atoms with Crippen molar-refractivity contribution in [1.82, 2.24) is 9.80 Å². The number of rotatable bonds is 8. The number of halogens is 1. The molecule has 17 heavy (non-hydrogen) atoms. The summed E-state index contributed by atoms with van der Waals surface area (Å²) in [4.78, 5) is 5.13.